The Morgan fingerprint density at radius 3 is 2.75 bits per heavy atom. The van der Waals surface area contributed by atoms with Crippen molar-refractivity contribution in [3.63, 3.8) is 0 Å². The summed E-state index contributed by atoms with van der Waals surface area (Å²) in [6.07, 6.45) is 3.28. The van der Waals surface area contributed by atoms with Crippen LogP contribution in [-0.4, -0.2) is 15.3 Å². The molecule has 0 aliphatic carbocycles. The number of carbonyl (C=O) groups excluding carboxylic acids is 1. The molecule has 1 aromatic carbocycles. The molecule has 0 saturated carbocycles. The second-order valence-corrected chi connectivity index (χ2v) is 3.90. The van der Waals surface area contributed by atoms with E-state index in [1.807, 2.05) is 0 Å². The number of imidazole rings is 1. The number of nitrogens with two attached hydrogens (primary N) is 1. The Morgan fingerprint density at radius 2 is 2.19 bits per heavy atom. The van der Waals surface area contributed by atoms with Gasteiger partial charge in [-0.15, -0.1) is 0 Å². The Bertz CT molecular complexity index is 528. The maximum atomic E-state index is 12.0. The number of nitrogens with zero attached hydrogens (tertiary/aromatic N) is 2. The molecule has 2 rings (SSSR count). The fourth-order valence-electron chi connectivity index (χ4n) is 1.46. The first-order chi connectivity index (χ1) is 7.58. The summed E-state index contributed by atoms with van der Waals surface area (Å²) in [6, 6.07) is 4.76. The SMILES string of the molecule is Cn1ccnc1C(=O)c1cc(N)cc(Cl)c1. The van der Waals surface area contributed by atoms with E-state index in [9.17, 15) is 4.79 Å². The Kier molecular flexibility index (Phi) is 2.66. The van der Waals surface area contributed by atoms with Gasteiger partial charge in [-0.1, -0.05) is 11.6 Å². The van der Waals surface area contributed by atoms with Crippen LogP contribution in [0.4, 0.5) is 5.69 Å². The van der Waals surface area contributed by atoms with E-state index >= 15 is 0 Å². The lowest BCUT2D eigenvalue weighted by Crippen LogP contribution is -2.09. The highest BCUT2D eigenvalue weighted by Crippen LogP contribution is 2.18. The van der Waals surface area contributed by atoms with Crippen molar-refractivity contribution in [3.05, 3.63) is 47.0 Å². The molecule has 0 spiro atoms. The fraction of sp³-hybridized carbons (Fsp3) is 0.0909. The van der Waals surface area contributed by atoms with E-state index in [2.05, 4.69) is 4.98 Å². The number of aryl methyl sites for hydroxylation is 1. The van der Waals surface area contributed by atoms with Crippen LogP contribution in [-0.2, 0) is 7.05 Å². The number of ketones is 1. The predicted octanol–water partition coefficient (Wildman–Crippen LogP) is 1.89. The lowest BCUT2D eigenvalue weighted by Gasteiger charge is -2.03. The third kappa shape index (κ3) is 1.92. The van der Waals surface area contributed by atoms with Gasteiger partial charge in [-0.2, -0.15) is 0 Å². The van der Waals surface area contributed by atoms with Gasteiger partial charge in [-0.25, -0.2) is 4.98 Å². The number of nitrogen functional groups attached to an aromatic ring is 1. The van der Waals surface area contributed by atoms with Gasteiger partial charge in [0.25, 0.3) is 0 Å². The fourth-order valence-corrected chi connectivity index (χ4v) is 1.70. The van der Waals surface area contributed by atoms with Gasteiger partial charge in [0.15, 0.2) is 5.82 Å². The third-order valence-electron chi connectivity index (χ3n) is 2.21. The zero-order chi connectivity index (χ0) is 11.7. The van der Waals surface area contributed by atoms with Crippen LogP contribution in [0, 0.1) is 0 Å². The largest absolute Gasteiger partial charge is 0.399 e. The number of anilines is 1. The standard InChI is InChI=1S/C11H10ClN3O/c1-15-3-2-14-11(15)10(16)7-4-8(12)6-9(13)5-7/h2-6H,13H2,1H3. The predicted molar refractivity (Wildman–Crippen MR) is 62.5 cm³/mol. The second kappa shape index (κ2) is 3.98. The van der Waals surface area contributed by atoms with E-state index in [4.69, 9.17) is 17.3 Å². The number of benzene rings is 1. The van der Waals surface area contributed by atoms with Gasteiger partial charge in [0.2, 0.25) is 5.78 Å². The van der Waals surface area contributed by atoms with E-state index in [1.165, 1.54) is 0 Å². The highest BCUT2D eigenvalue weighted by molar-refractivity contribution is 6.31. The molecule has 82 valence electrons. The molecular formula is C11H10ClN3O. The molecule has 5 heteroatoms. The molecular weight excluding hydrogens is 226 g/mol. The van der Waals surface area contributed by atoms with Crippen molar-refractivity contribution in [1.29, 1.82) is 0 Å². The molecule has 1 heterocycles. The van der Waals surface area contributed by atoms with Crippen LogP contribution in [0.15, 0.2) is 30.6 Å². The van der Waals surface area contributed by atoms with E-state index < -0.39 is 0 Å². The van der Waals surface area contributed by atoms with E-state index in [0.717, 1.165) is 0 Å². The summed E-state index contributed by atoms with van der Waals surface area (Å²) in [7, 11) is 1.76. The normalized spacial score (nSPS) is 10.4. The molecule has 2 aromatic rings. The Labute approximate surface area is 97.7 Å². The Balaban J connectivity index is 2.45. The molecule has 0 atom stereocenters. The van der Waals surface area contributed by atoms with Crippen molar-refractivity contribution in [2.24, 2.45) is 7.05 Å². The zero-order valence-electron chi connectivity index (χ0n) is 8.64. The van der Waals surface area contributed by atoms with Gasteiger partial charge < -0.3 is 10.3 Å². The average molecular weight is 236 g/mol. The van der Waals surface area contributed by atoms with Crippen molar-refractivity contribution < 1.29 is 4.79 Å². The molecule has 0 unspecified atom stereocenters. The smallest absolute Gasteiger partial charge is 0.228 e. The monoisotopic (exact) mass is 235 g/mol. The minimum absolute atomic E-state index is 0.193. The number of aromatic nitrogens is 2. The van der Waals surface area contributed by atoms with E-state index in [0.29, 0.717) is 22.1 Å². The molecule has 0 aliphatic heterocycles. The lowest BCUT2D eigenvalue weighted by atomic mass is 10.1. The van der Waals surface area contributed by atoms with E-state index in [1.54, 1.807) is 42.2 Å². The average Bonchev–Trinajstić information content (AvgIpc) is 2.62. The van der Waals surface area contributed by atoms with Crippen LogP contribution in [0.3, 0.4) is 0 Å². The lowest BCUT2D eigenvalue weighted by molar-refractivity contribution is 0.102. The minimum atomic E-state index is -0.193. The molecule has 0 amide bonds. The summed E-state index contributed by atoms with van der Waals surface area (Å²) in [5.41, 5.74) is 6.53. The third-order valence-corrected chi connectivity index (χ3v) is 2.42. The van der Waals surface area contributed by atoms with Crippen LogP contribution >= 0.6 is 11.6 Å². The summed E-state index contributed by atoms with van der Waals surface area (Å²) in [4.78, 5) is 16.0. The Hall–Kier alpha value is -1.81. The minimum Gasteiger partial charge on any atom is -0.399 e. The number of carbonyl (C=O) groups is 1. The summed E-state index contributed by atoms with van der Waals surface area (Å²) >= 11 is 5.84. The Morgan fingerprint density at radius 1 is 1.44 bits per heavy atom. The molecule has 0 fully saturated rings. The molecule has 1 aromatic heterocycles. The van der Waals surface area contributed by atoms with Gasteiger partial charge in [-0.05, 0) is 18.2 Å². The number of halogens is 1. The summed E-state index contributed by atoms with van der Waals surface area (Å²) in [5, 5.41) is 0.442. The number of rotatable bonds is 2. The zero-order valence-corrected chi connectivity index (χ0v) is 9.40. The van der Waals surface area contributed by atoms with E-state index in [-0.39, 0.29) is 5.78 Å². The quantitative estimate of drug-likeness (QED) is 0.639. The van der Waals surface area contributed by atoms with Crippen LogP contribution in [0.2, 0.25) is 5.02 Å². The van der Waals surface area contributed by atoms with Crippen molar-refractivity contribution in [3.8, 4) is 0 Å². The van der Waals surface area contributed by atoms with Crippen molar-refractivity contribution >= 4 is 23.1 Å². The molecule has 0 aliphatic rings. The van der Waals surface area contributed by atoms with Gasteiger partial charge in [0.1, 0.15) is 0 Å². The first-order valence-corrected chi connectivity index (χ1v) is 5.04. The molecule has 16 heavy (non-hydrogen) atoms. The maximum absolute atomic E-state index is 12.0. The topological polar surface area (TPSA) is 60.9 Å². The van der Waals surface area contributed by atoms with Gasteiger partial charge in [0, 0.05) is 35.7 Å². The summed E-state index contributed by atoms with van der Waals surface area (Å²) in [6.45, 7) is 0. The summed E-state index contributed by atoms with van der Waals surface area (Å²) < 4.78 is 1.65. The van der Waals surface area contributed by atoms with Gasteiger partial charge >= 0.3 is 0 Å². The molecule has 2 N–H and O–H groups in total. The van der Waals surface area contributed by atoms with Gasteiger partial charge in [0.05, 0.1) is 0 Å². The second-order valence-electron chi connectivity index (χ2n) is 3.46. The molecule has 4 nitrogen and oxygen atoms in total. The van der Waals surface area contributed by atoms with Crippen LogP contribution < -0.4 is 5.73 Å². The van der Waals surface area contributed by atoms with Crippen LogP contribution in [0.1, 0.15) is 16.2 Å². The number of hydrogen-bond acceptors (Lipinski definition) is 3. The van der Waals surface area contributed by atoms with Gasteiger partial charge in [-0.3, -0.25) is 4.79 Å². The van der Waals surface area contributed by atoms with Crippen LogP contribution in [0.5, 0.6) is 0 Å². The number of hydrogen-bond donors (Lipinski definition) is 1. The van der Waals surface area contributed by atoms with Crippen molar-refractivity contribution in [2.45, 2.75) is 0 Å². The van der Waals surface area contributed by atoms with Crippen LogP contribution in [0.25, 0.3) is 0 Å². The summed E-state index contributed by atoms with van der Waals surface area (Å²) in [5.74, 6) is 0.170. The van der Waals surface area contributed by atoms with Crippen molar-refractivity contribution in [2.75, 3.05) is 5.73 Å². The van der Waals surface area contributed by atoms with Crippen molar-refractivity contribution in [1.82, 2.24) is 9.55 Å². The maximum Gasteiger partial charge on any atom is 0.228 e. The highest BCUT2D eigenvalue weighted by Gasteiger charge is 2.14. The first kappa shape index (κ1) is 10.7. The molecule has 0 saturated heterocycles. The first-order valence-electron chi connectivity index (χ1n) is 4.66. The highest BCUT2D eigenvalue weighted by atomic mass is 35.5. The molecule has 0 bridgehead atoms. The molecule has 0 radical (unpaired) electrons.